The van der Waals surface area contributed by atoms with Crippen molar-refractivity contribution in [3.05, 3.63) is 0 Å². The first-order valence-corrected chi connectivity index (χ1v) is 6.09. The van der Waals surface area contributed by atoms with Crippen LogP contribution < -0.4 is 0 Å². The third-order valence-corrected chi connectivity index (χ3v) is 3.54. The Morgan fingerprint density at radius 1 is 1.42 bits per heavy atom. The molecular formula is C8H16O3S. The Morgan fingerprint density at radius 2 is 2.08 bits per heavy atom. The second-order valence-corrected chi connectivity index (χ2v) is 5.03. The van der Waals surface area contributed by atoms with Crippen molar-refractivity contribution in [3.63, 3.8) is 0 Å². The van der Waals surface area contributed by atoms with E-state index in [1.165, 1.54) is 6.42 Å². The van der Waals surface area contributed by atoms with Gasteiger partial charge in [0, 0.05) is 0 Å². The monoisotopic (exact) mass is 192 g/mol. The van der Waals surface area contributed by atoms with Gasteiger partial charge in [0.2, 0.25) is 0 Å². The van der Waals surface area contributed by atoms with Gasteiger partial charge in [0.1, 0.15) is 0 Å². The molecule has 0 N–H and O–H groups in total. The SMILES string of the molecule is CCCOS(=O)(=O)CC1CCC1. The lowest BCUT2D eigenvalue weighted by Gasteiger charge is -2.24. The minimum Gasteiger partial charge on any atom is -0.270 e. The zero-order chi connectivity index (χ0) is 9.03. The molecule has 1 aliphatic carbocycles. The Bertz CT molecular complexity index is 216. The summed E-state index contributed by atoms with van der Waals surface area (Å²) in [5.41, 5.74) is 0. The van der Waals surface area contributed by atoms with Crippen LogP contribution in [0.1, 0.15) is 32.6 Å². The van der Waals surface area contributed by atoms with Gasteiger partial charge in [-0.15, -0.1) is 0 Å². The standard InChI is InChI=1S/C8H16O3S/c1-2-6-11-12(9,10)7-8-4-3-5-8/h8H,2-7H2,1H3. The van der Waals surface area contributed by atoms with Crippen molar-refractivity contribution in [1.29, 1.82) is 0 Å². The van der Waals surface area contributed by atoms with Crippen LogP contribution in [0.4, 0.5) is 0 Å². The average Bonchev–Trinajstić information content (AvgIpc) is 1.94. The molecule has 0 atom stereocenters. The fourth-order valence-corrected chi connectivity index (χ4v) is 2.63. The molecular weight excluding hydrogens is 176 g/mol. The zero-order valence-corrected chi connectivity index (χ0v) is 8.27. The molecule has 3 nitrogen and oxygen atoms in total. The lowest BCUT2D eigenvalue weighted by Crippen LogP contribution is -2.23. The van der Waals surface area contributed by atoms with Crippen molar-refractivity contribution >= 4 is 10.1 Å². The Labute approximate surface area is 74.2 Å². The van der Waals surface area contributed by atoms with Crippen molar-refractivity contribution in [3.8, 4) is 0 Å². The van der Waals surface area contributed by atoms with Crippen LogP contribution in [0.3, 0.4) is 0 Å². The number of hydrogen-bond donors (Lipinski definition) is 0. The van der Waals surface area contributed by atoms with Crippen LogP contribution in [0.15, 0.2) is 0 Å². The zero-order valence-electron chi connectivity index (χ0n) is 7.45. The second kappa shape index (κ2) is 4.23. The molecule has 12 heavy (non-hydrogen) atoms. The van der Waals surface area contributed by atoms with E-state index < -0.39 is 10.1 Å². The fourth-order valence-electron chi connectivity index (χ4n) is 1.21. The van der Waals surface area contributed by atoms with Crippen LogP contribution in [-0.2, 0) is 14.3 Å². The lowest BCUT2D eigenvalue weighted by atomic mass is 9.87. The molecule has 1 rings (SSSR count). The van der Waals surface area contributed by atoms with Crippen molar-refractivity contribution in [2.45, 2.75) is 32.6 Å². The van der Waals surface area contributed by atoms with Gasteiger partial charge in [-0.2, -0.15) is 8.42 Å². The first-order chi connectivity index (χ1) is 5.64. The van der Waals surface area contributed by atoms with E-state index in [2.05, 4.69) is 0 Å². The summed E-state index contributed by atoms with van der Waals surface area (Å²) in [4.78, 5) is 0. The maximum atomic E-state index is 11.2. The van der Waals surface area contributed by atoms with Crippen LogP contribution in [-0.4, -0.2) is 20.8 Å². The summed E-state index contributed by atoms with van der Waals surface area (Å²) in [7, 11) is -3.20. The van der Waals surface area contributed by atoms with Gasteiger partial charge in [-0.3, -0.25) is 4.18 Å². The van der Waals surface area contributed by atoms with Crippen molar-refractivity contribution < 1.29 is 12.6 Å². The van der Waals surface area contributed by atoms with E-state index in [-0.39, 0.29) is 5.75 Å². The quantitative estimate of drug-likeness (QED) is 0.621. The molecule has 4 heteroatoms. The molecule has 0 aromatic rings. The Hall–Kier alpha value is -0.0900. The minimum absolute atomic E-state index is 0.229. The summed E-state index contributed by atoms with van der Waals surface area (Å²) in [5.74, 6) is 0.597. The third kappa shape index (κ3) is 3.11. The Balaban J connectivity index is 2.27. The molecule has 0 aromatic carbocycles. The van der Waals surface area contributed by atoms with Crippen molar-refractivity contribution in [1.82, 2.24) is 0 Å². The van der Waals surface area contributed by atoms with Gasteiger partial charge in [-0.25, -0.2) is 0 Å². The summed E-state index contributed by atoms with van der Waals surface area (Å²) in [6.45, 7) is 2.23. The van der Waals surface area contributed by atoms with Crippen LogP contribution in [0.5, 0.6) is 0 Å². The van der Waals surface area contributed by atoms with E-state index in [0.29, 0.717) is 12.5 Å². The Kier molecular flexibility index (Phi) is 3.53. The van der Waals surface area contributed by atoms with E-state index in [9.17, 15) is 8.42 Å². The summed E-state index contributed by atoms with van der Waals surface area (Å²) in [6, 6.07) is 0. The highest BCUT2D eigenvalue weighted by Crippen LogP contribution is 2.27. The summed E-state index contributed by atoms with van der Waals surface area (Å²) >= 11 is 0. The van der Waals surface area contributed by atoms with E-state index in [1.807, 2.05) is 6.92 Å². The molecule has 0 radical (unpaired) electrons. The van der Waals surface area contributed by atoms with Gasteiger partial charge >= 0.3 is 0 Å². The maximum Gasteiger partial charge on any atom is 0.267 e. The molecule has 0 saturated heterocycles. The molecule has 1 saturated carbocycles. The topological polar surface area (TPSA) is 43.4 Å². The minimum atomic E-state index is -3.20. The summed E-state index contributed by atoms with van der Waals surface area (Å²) in [5, 5.41) is 0. The highest BCUT2D eigenvalue weighted by atomic mass is 32.2. The smallest absolute Gasteiger partial charge is 0.267 e. The normalized spacial score (nSPS) is 19.1. The maximum absolute atomic E-state index is 11.2. The molecule has 72 valence electrons. The molecule has 0 aliphatic heterocycles. The molecule has 0 aromatic heterocycles. The Morgan fingerprint density at radius 3 is 2.50 bits per heavy atom. The molecule has 0 spiro atoms. The predicted molar refractivity (Wildman–Crippen MR) is 47.4 cm³/mol. The van der Waals surface area contributed by atoms with Crippen molar-refractivity contribution in [2.24, 2.45) is 5.92 Å². The van der Waals surface area contributed by atoms with Crippen LogP contribution in [0.25, 0.3) is 0 Å². The summed E-state index contributed by atoms with van der Waals surface area (Å²) < 4.78 is 27.1. The first kappa shape index (κ1) is 9.99. The van der Waals surface area contributed by atoms with Gasteiger partial charge in [0.25, 0.3) is 10.1 Å². The van der Waals surface area contributed by atoms with Gasteiger partial charge in [0.15, 0.2) is 0 Å². The molecule has 0 amide bonds. The second-order valence-electron chi connectivity index (χ2n) is 3.34. The first-order valence-electron chi connectivity index (χ1n) is 4.51. The van der Waals surface area contributed by atoms with Gasteiger partial charge < -0.3 is 0 Å². The summed E-state index contributed by atoms with van der Waals surface area (Å²) in [6.07, 6.45) is 4.03. The van der Waals surface area contributed by atoms with E-state index >= 15 is 0 Å². The molecule has 1 aliphatic rings. The van der Waals surface area contributed by atoms with E-state index in [4.69, 9.17) is 4.18 Å². The molecule has 0 bridgehead atoms. The third-order valence-electron chi connectivity index (χ3n) is 2.13. The van der Waals surface area contributed by atoms with Gasteiger partial charge in [-0.05, 0) is 25.2 Å². The highest BCUT2D eigenvalue weighted by molar-refractivity contribution is 7.86. The molecule has 0 unspecified atom stereocenters. The average molecular weight is 192 g/mol. The number of hydrogen-bond acceptors (Lipinski definition) is 3. The van der Waals surface area contributed by atoms with Gasteiger partial charge in [-0.1, -0.05) is 13.3 Å². The lowest BCUT2D eigenvalue weighted by molar-refractivity contribution is 0.294. The van der Waals surface area contributed by atoms with Crippen LogP contribution in [0.2, 0.25) is 0 Å². The number of rotatable bonds is 5. The van der Waals surface area contributed by atoms with Crippen LogP contribution in [0, 0.1) is 5.92 Å². The molecule has 0 heterocycles. The molecule has 1 fully saturated rings. The van der Waals surface area contributed by atoms with Gasteiger partial charge in [0.05, 0.1) is 12.4 Å². The van der Waals surface area contributed by atoms with E-state index in [0.717, 1.165) is 19.3 Å². The van der Waals surface area contributed by atoms with Crippen molar-refractivity contribution in [2.75, 3.05) is 12.4 Å². The fraction of sp³-hybridized carbons (Fsp3) is 1.00. The predicted octanol–water partition coefficient (Wildman–Crippen LogP) is 1.54. The largest absolute Gasteiger partial charge is 0.270 e. The highest BCUT2D eigenvalue weighted by Gasteiger charge is 2.24. The van der Waals surface area contributed by atoms with Crippen LogP contribution >= 0.6 is 0 Å². The van der Waals surface area contributed by atoms with E-state index in [1.54, 1.807) is 0 Å².